The Bertz CT molecular complexity index is 1160. The van der Waals surface area contributed by atoms with Crippen molar-refractivity contribution in [3.63, 3.8) is 0 Å². The number of benzene rings is 2. The van der Waals surface area contributed by atoms with Gasteiger partial charge in [0.2, 0.25) is 15.9 Å². The molecular weight excluding hydrogens is 466 g/mol. The van der Waals surface area contributed by atoms with Crippen LogP contribution in [0.15, 0.2) is 41.3 Å². The van der Waals surface area contributed by atoms with E-state index in [2.05, 4.69) is 5.32 Å². The van der Waals surface area contributed by atoms with Crippen LogP contribution in [-0.2, 0) is 14.8 Å². The summed E-state index contributed by atoms with van der Waals surface area (Å²) in [6.07, 6.45) is 0.668. The topological polar surface area (TPSA) is 84.9 Å². The summed E-state index contributed by atoms with van der Waals surface area (Å²) < 4.78 is 64.8. The van der Waals surface area contributed by atoms with Crippen LogP contribution in [0.2, 0.25) is 0 Å². The molecular formula is C24H28F2N2O5S. The van der Waals surface area contributed by atoms with Crippen LogP contribution in [0, 0.1) is 23.5 Å². The first kappa shape index (κ1) is 24.4. The van der Waals surface area contributed by atoms with Gasteiger partial charge in [-0.1, -0.05) is 19.9 Å². The second kappa shape index (κ2) is 9.87. The van der Waals surface area contributed by atoms with E-state index < -0.39 is 21.7 Å². The number of amides is 1. The molecule has 1 amide bonds. The Hall–Kier alpha value is -2.72. The summed E-state index contributed by atoms with van der Waals surface area (Å²) in [4.78, 5) is 12.8. The van der Waals surface area contributed by atoms with Crippen molar-refractivity contribution < 1.29 is 31.5 Å². The predicted molar refractivity (Wildman–Crippen MR) is 121 cm³/mol. The van der Waals surface area contributed by atoms with Crippen molar-refractivity contribution in [1.82, 2.24) is 9.62 Å². The summed E-state index contributed by atoms with van der Waals surface area (Å²) in [5, 5.41) is 3.11. The molecule has 2 aromatic carbocycles. The minimum absolute atomic E-state index is 0.111. The van der Waals surface area contributed by atoms with Crippen molar-refractivity contribution in [3.8, 4) is 11.5 Å². The average molecular weight is 495 g/mol. The minimum Gasteiger partial charge on any atom is -0.486 e. The number of nitrogens with one attached hydrogen (secondary N) is 1. The summed E-state index contributed by atoms with van der Waals surface area (Å²) >= 11 is 0. The van der Waals surface area contributed by atoms with Gasteiger partial charge in [0.25, 0.3) is 0 Å². The standard InChI is InChI=1S/C24H28F2N2O5S/c1-15(2)23(17-3-6-21-22(13-17)33-12-11-32-21)27-24(29)16-7-9-28(10-8-16)34(30,31)18-4-5-19(25)20(26)14-18/h3-6,13-16,23H,7-12H2,1-2H3,(H,27,29)/t23-/m0/s1. The molecule has 2 aliphatic rings. The molecule has 0 bridgehead atoms. The third-order valence-corrected chi connectivity index (χ3v) is 8.14. The van der Waals surface area contributed by atoms with E-state index in [1.165, 1.54) is 4.31 Å². The fourth-order valence-corrected chi connectivity index (χ4v) is 5.79. The van der Waals surface area contributed by atoms with Gasteiger partial charge in [0, 0.05) is 19.0 Å². The first-order chi connectivity index (χ1) is 16.2. The van der Waals surface area contributed by atoms with Gasteiger partial charge < -0.3 is 14.8 Å². The quantitative estimate of drug-likeness (QED) is 0.663. The van der Waals surface area contributed by atoms with Crippen LogP contribution in [0.1, 0.15) is 38.3 Å². The van der Waals surface area contributed by atoms with Crippen molar-refractivity contribution >= 4 is 15.9 Å². The van der Waals surface area contributed by atoms with E-state index in [0.29, 0.717) is 43.6 Å². The largest absolute Gasteiger partial charge is 0.486 e. The minimum atomic E-state index is -3.97. The summed E-state index contributed by atoms with van der Waals surface area (Å²) in [6.45, 7) is 5.24. The monoisotopic (exact) mass is 494 g/mol. The van der Waals surface area contributed by atoms with Crippen LogP contribution in [0.3, 0.4) is 0 Å². The van der Waals surface area contributed by atoms with Gasteiger partial charge in [0.05, 0.1) is 10.9 Å². The third-order valence-electron chi connectivity index (χ3n) is 6.24. The highest BCUT2D eigenvalue weighted by Gasteiger charge is 2.33. The molecule has 34 heavy (non-hydrogen) atoms. The molecule has 0 aliphatic carbocycles. The van der Waals surface area contributed by atoms with E-state index in [-0.39, 0.29) is 41.8 Å². The van der Waals surface area contributed by atoms with Gasteiger partial charge in [0.15, 0.2) is 23.1 Å². The maximum absolute atomic E-state index is 13.5. The zero-order valence-corrected chi connectivity index (χ0v) is 19.9. The van der Waals surface area contributed by atoms with Crippen molar-refractivity contribution in [3.05, 3.63) is 53.6 Å². The smallest absolute Gasteiger partial charge is 0.243 e. The fourth-order valence-electron chi connectivity index (χ4n) is 4.30. The van der Waals surface area contributed by atoms with Gasteiger partial charge in [-0.25, -0.2) is 17.2 Å². The van der Waals surface area contributed by atoms with Gasteiger partial charge >= 0.3 is 0 Å². The zero-order valence-electron chi connectivity index (χ0n) is 19.1. The van der Waals surface area contributed by atoms with E-state index in [1.807, 2.05) is 32.0 Å². The number of piperidine rings is 1. The molecule has 2 aliphatic heterocycles. The molecule has 1 N–H and O–H groups in total. The lowest BCUT2D eigenvalue weighted by Gasteiger charge is -2.32. The predicted octanol–water partition coefficient (Wildman–Crippen LogP) is 3.65. The van der Waals surface area contributed by atoms with Gasteiger partial charge in [-0.05, 0) is 54.7 Å². The number of hydrogen-bond donors (Lipinski definition) is 1. The molecule has 0 unspecified atom stereocenters. The Morgan fingerprint density at radius 3 is 2.32 bits per heavy atom. The molecule has 1 saturated heterocycles. The normalized spacial score (nSPS) is 18.0. The molecule has 0 aromatic heterocycles. The Balaban J connectivity index is 1.41. The Kier molecular flexibility index (Phi) is 7.09. The number of fused-ring (bicyclic) bond motifs is 1. The van der Waals surface area contributed by atoms with Crippen molar-refractivity contribution in [2.45, 2.75) is 37.6 Å². The maximum Gasteiger partial charge on any atom is 0.243 e. The summed E-state index contributed by atoms with van der Waals surface area (Å²) in [7, 11) is -3.97. The molecule has 0 radical (unpaired) electrons. The third kappa shape index (κ3) is 5.02. The SMILES string of the molecule is CC(C)[C@H](NC(=O)C1CCN(S(=O)(=O)c2ccc(F)c(F)c2)CC1)c1ccc2c(c1)OCCO2. The van der Waals surface area contributed by atoms with Gasteiger partial charge in [-0.3, -0.25) is 4.79 Å². The van der Waals surface area contributed by atoms with E-state index in [0.717, 1.165) is 17.7 Å². The van der Waals surface area contributed by atoms with E-state index >= 15 is 0 Å². The molecule has 2 heterocycles. The first-order valence-corrected chi connectivity index (χ1v) is 12.8. The van der Waals surface area contributed by atoms with Crippen LogP contribution in [0.25, 0.3) is 0 Å². The number of ether oxygens (including phenoxy) is 2. The first-order valence-electron chi connectivity index (χ1n) is 11.3. The van der Waals surface area contributed by atoms with Gasteiger partial charge in [-0.2, -0.15) is 4.31 Å². The molecule has 4 rings (SSSR count). The molecule has 1 atom stereocenters. The number of rotatable bonds is 6. The molecule has 184 valence electrons. The summed E-state index contributed by atoms with van der Waals surface area (Å²) in [5.74, 6) is -1.37. The van der Waals surface area contributed by atoms with Crippen LogP contribution in [0.4, 0.5) is 8.78 Å². The number of carbonyl (C=O) groups excluding carboxylic acids is 1. The van der Waals surface area contributed by atoms with E-state index in [1.54, 1.807) is 0 Å². The highest BCUT2D eigenvalue weighted by atomic mass is 32.2. The lowest BCUT2D eigenvalue weighted by Crippen LogP contribution is -2.44. The van der Waals surface area contributed by atoms with Crippen molar-refractivity contribution in [2.75, 3.05) is 26.3 Å². The highest BCUT2D eigenvalue weighted by molar-refractivity contribution is 7.89. The Morgan fingerprint density at radius 1 is 1.00 bits per heavy atom. The van der Waals surface area contributed by atoms with Crippen LogP contribution in [-0.4, -0.2) is 44.9 Å². The second-order valence-corrected chi connectivity index (χ2v) is 10.8. The van der Waals surface area contributed by atoms with Gasteiger partial charge in [-0.15, -0.1) is 0 Å². The average Bonchev–Trinajstić information content (AvgIpc) is 2.83. The molecule has 7 nitrogen and oxygen atoms in total. The summed E-state index contributed by atoms with van der Waals surface area (Å²) in [6, 6.07) is 7.93. The van der Waals surface area contributed by atoms with Crippen LogP contribution in [0.5, 0.6) is 11.5 Å². The highest BCUT2D eigenvalue weighted by Crippen LogP contribution is 2.35. The van der Waals surface area contributed by atoms with Crippen LogP contribution >= 0.6 is 0 Å². The van der Waals surface area contributed by atoms with Gasteiger partial charge in [0.1, 0.15) is 13.2 Å². The summed E-state index contributed by atoms with van der Waals surface area (Å²) in [5.41, 5.74) is 0.908. The van der Waals surface area contributed by atoms with Crippen molar-refractivity contribution in [2.24, 2.45) is 11.8 Å². The molecule has 10 heteroatoms. The number of nitrogens with zero attached hydrogens (tertiary/aromatic N) is 1. The lowest BCUT2D eigenvalue weighted by molar-refractivity contribution is -0.127. The number of hydrogen-bond acceptors (Lipinski definition) is 5. The number of sulfonamides is 1. The zero-order chi connectivity index (χ0) is 24.5. The van der Waals surface area contributed by atoms with E-state index in [4.69, 9.17) is 9.47 Å². The van der Waals surface area contributed by atoms with Crippen molar-refractivity contribution in [1.29, 1.82) is 0 Å². The molecule has 0 spiro atoms. The Morgan fingerprint density at radius 2 is 1.68 bits per heavy atom. The molecule has 1 fully saturated rings. The Labute approximate surface area is 198 Å². The lowest BCUT2D eigenvalue weighted by atomic mass is 9.92. The number of carbonyl (C=O) groups is 1. The van der Waals surface area contributed by atoms with E-state index in [9.17, 15) is 22.0 Å². The number of halogens is 2. The second-order valence-electron chi connectivity index (χ2n) is 8.89. The molecule has 0 saturated carbocycles. The maximum atomic E-state index is 13.5. The molecule has 2 aromatic rings. The fraction of sp³-hybridized carbons (Fsp3) is 0.458. The van der Waals surface area contributed by atoms with Crippen LogP contribution < -0.4 is 14.8 Å².